The van der Waals surface area contributed by atoms with Crippen LogP contribution in [0.3, 0.4) is 0 Å². The van der Waals surface area contributed by atoms with Crippen LogP contribution < -0.4 is 0 Å². The molecular formula is C13H23NO2S. The van der Waals surface area contributed by atoms with E-state index in [9.17, 15) is 8.42 Å². The van der Waals surface area contributed by atoms with Crippen molar-refractivity contribution >= 4 is 10.9 Å². The van der Waals surface area contributed by atoms with Gasteiger partial charge in [-0.2, -0.15) is 4.31 Å². The molecule has 4 aliphatic rings. The van der Waals surface area contributed by atoms with E-state index in [2.05, 4.69) is 6.92 Å². The number of hydrogen-bond donors (Lipinski definition) is 1. The summed E-state index contributed by atoms with van der Waals surface area (Å²) < 4.78 is 25.0. The highest BCUT2D eigenvalue weighted by Gasteiger charge is 2.54. The molecule has 17 heavy (non-hydrogen) atoms. The number of nitrogens with zero attached hydrogens (tertiary/aromatic N) is 1. The van der Waals surface area contributed by atoms with Crippen LogP contribution in [0.25, 0.3) is 0 Å². The summed E-state index contributed by atoms with van der Waals surface area (Å²) in [6, 6.07) is 0. The quantitative estimate of drug-likeness (QED) is 0.784. The Hall–Kier alpha value is -0.0900. The van der Waals surface area contributed by atoms with Crippen LogP contribution in [-0.4, -0.2) is 24.8 Å². The molecule has 4 rings (SSSR count). The Balaban J connectivity index is 1.89. The fourth-order valence-corrected chi connectivity index (χ4v) is 6.04. The van der Waals surface area contributed by atoms with Crippen molar-refractivity contribution in [1.82, 2.24) is 4.31 Å². The standard InChI is InChI=1S/C13H23NO2S/c1-2-3-14(17(15)16)13-7-10-4-11(8-13)6-12(5-10)9-13/h10-12,17H,2-9H2,1H3. The predicted molar refractivity (Wildman–Crippen MR) is 68.2 cm³/mol. The normalized spacial score (nSPS) is 43.8. The average molecular weight is 257 g/mol. The summed E-state index contributed by atoms with van der Waals surface area (Å²) in [5, 5.41) is 0. The molecule has 0 unspecified atom stereocenters. The summed E-state index contributed by atoms with van der Waals surface area (Å²) in [4.78, 5) is 0. The van der Waals surface area contributed by atoms with Gasteiger partial charge in [-0.1, -0.05) is 6.92 Å². The minimum atomic E-state index is -2.40. The van der Waals surface area contributed by atoms with Gasteiger partial charge in [-0.25, -0.2) is 8.42 Å². The summed E-state index contributed by atoms with van der Waals surface area (Å²) in [5.41, 5.74) is 0.0277. The molecule has 0 N–H and O–H groups in total. The Morgan fingerprint density at radius 3 is 1.88 bits per heavy atom. The maximum absolute atomic E-state index is 11.6. The first-order valence-corrected chi connectivity index (χ1v) is 8.18. The minimum absolute atomic E-state index is 0.0277. The van der Waals surface area contributed by atoms with Gasteiger partial charge < -0.3 is 0 Å². The Kier molecular flexibility index (Phi) is 2.98. The van der Waals surface area contributed by atoms with Crippen LogP contribution in [0.4, 0.5) is 0 Å². The highest BCUT2D eigenvalue weighted by atomic mass is 32.2. The highest BCUT2D eigenvalue weighted by Crippen LogP contribution is 2.57. The molecule has 4 bridgehead atoms. The molecule has 98 valence electrons. The van der Waals surface area contributed by atoms with Crippen molar-refractivity contribution in [2.75, 3.05) is 6.54 Å². The van der Waals surface area contributed by atoms with Gasteiger partial charge >= 0.3 is 0 Å². The third-order valence-corrected chi connectivity index (χ3v) is 6.20. The van der Waals surface area contributed by atoms with Crippen LogP contribution in [0.1, 0.15) is 51.9 Å². The van der Waals surface area contributed by atoms with Crippen molar-refractivity contribution in [2.24, 2.45) is 17.8 Å². The smallest absolute Gasteiger partial charge is 0.204 e. The van der Waals surface area contributed by atoms with Gasteiger partial charge in [0.2, 0.25) is 10.9 Å². The third kappa shape index (κ3) is 1.93. The Morgan fingerprint density at radius 1 is 1.06 bits per heavy atom. The van der Waals surface area contributed by atoms with E-state index < -0.39 is 10.9 Å². The van der Waals surface area contributed by atoms with Crippen molar-refractivity contribution in [3.63, 3.8) is 0 Å². The fraction of sp³-hybridized carbons (Fsp3) is 1.00. The van der Waals surface area contributed by atoms with Crippen molar-refractivity contribution in [3.05, 3.63) is 0 Å². The minimum Gasteiger partial charge on any atom is -0.215 e. The molecule has 0 aromatic heterocycles. The Bertz CT molecular complexity index is 334. The average Bonchev–Trinajstić information content (AvgIpc) is 2.23. The molecule has 0 saturated heterocycles. The maximum Gasteiger partial charge on any atom is 0.204 e. The van der Waals surface area contributed by atoms with Crippen molar-refractivity contribution in [1.29, 1.82) is 0 Å². The zero-order valence-corrected chi connectivity index (χ0v) is 11.5. The lowest BCUT2D eigenvalue weighted by molar-refractivity contribution is -0.0553. The molecule has 4 fully saturated rings. The van der Waals surface area contributed by atoms with Crippen LogP contribution in [-0.2, 0) is 10.9 Å². The second-order valence-corrected chi connectivity index (χ2v) is 7.46. The number of thiol groups is 1. The van der Waals surface area contributed by atoms with Crippen LogP contribution in [0.15, 0.2) is 0 Å². The third-order valence-electron chi connectivity index (χ3n) is 5.19. The molecule has 0 heterocycles. The zero-order valence-electron chi connectivity index (χ0n) is 10.6. The van der Waals surface area contributed by atoms with Crippen LogP contribution in [0, 0.1) is 17.8 Å². The largest absolute Gasteiger partial charge is 0.215 e. The van der Waals surface area contributed by atoms with Gasteiger partial charge in [-0.3, -0.25) is 0 Å². The summed E-state index contributed by atoms with van der Waals surface area (Å²) in [5.74, 6) is 2.45. The molecule has 0 amide bonds. The van der Waals surface area contributed by atoms with E-state index in [1.807, 2.05) is 4.31 Å². The summed E-state index contributed by atoms with van der Waals surface area (Å²) in [6.45, 7) is 2.80. The lowest BCUT2D eigenvalue weighted by Crippen LogP contribution is -2.59. The topological polar surface area (TPSA) is 37.4 Å². The molecule has 0 atom stereocenters. The molecule has 0 radical (unpaired) electrons. The fourth-order valence-electron chi connectivity index (χ4n) is 5.08. The zero-order chi connectivity index (χ0) is 12.0. The first-order valence-electron chi connectivity index (χ1n) is 7.05. The molecule has 4 saturated carbocycles. The van der Waals surface area contributed by atoms with E-state index >= 15 is 0 Å². The second kappa shape index (κ2) is 4.23. The summed E-state index contributed by atoms with van der Waals surface area (Å²) in [6.07, 6.45) is 8.47. The van der Waals surface area contributed by atoms with Gasteiger partial charge in [0.15, 0.2) is 0 Å². The lowest BCUT2D eigenvalue weighted by Gasteiger charge is -2.59. The second-order valence-electron chi connectivity index (χ2n) is 6.50. The van der Waals surface area contributed by atoms with Crippen LogP contribution in [0.2, 0.25) is 0 Å². The van der Waals surface area contributed by atoms with E-state index in [0.29, 0.717) is 0 Å². The SMILES string of the molecule is CCCN([SH](=O)=O)C12CC3CC(CC(C3)C1)C2. The summed E-state index contributed by atoms with van der Waals surface area (Å²) >= 11 is 0. The van der Waals surface area contributed by atoms with Crippen LogP contribution >= 0.6 is 0 Å². The van der Waals surface area contributed by atoms with Gasteiger partial charge in [0.25, 0.3) is 0 Å². The molecule has 0 spiro atoms. The molecule has 3 nitrogen and oxygen atoms in total. The van der Waals surface area contributed by atoms with E-state index in [4.69, 9.17) is 0 Å². The van der Waals surface area contributed by atoms with Gasteiger partial charge in [-0.15, -0.1) is 0 Å². The van der Waals surface area contributed by atoms with Gasteiger partial charge in [0.1, 0.15) is 0 Å². The first kappa shape index (κ1) is 12.0. The Labute approximate surface area is 106 Å². The molecule has 4 heteroatoms. The predicted octanol–water partition coefficient (Wildman–Crippen LogP) is 2.19. The molecule has 0 aromatic rings. The summed E-state index contributed by atoms with van der Waals surface area (Å²) in [7, 11) is -2.40. The van der Waals surface area contributed by atoms with E-state index in [0.717, 1.165) is 50.0 Å². The van der Waals surface area contributed by atoms with E-state index in [1.165, 1.54) is 19.3 Å². The van der Waals surface area contributed by atoms with Gasteiger partial charge in [0, 0.05) is 12.1 Å². The highest BCUT2D eigenvalue weighted by molar-refractivity contribution is 7.69. The van der Waals surface area contributed by atoms with Gasteiger partial charge in [0.05, 0.1) is 0 Å². The van der Waals surface area contributed by atoms with Crippen LogP contribution in [0.5, 0.6) is 0 Å². The van der Waals surface area contributed by atoms with Crippen molar-refractivity contribution in [3.8, 4) is 0 Å². The first-order chi connectivity index (χ1) is 8.13. The number of rotatable bonds is 4. The van der Waals surface area contributed by atoms with Gasteiger partial charge in [-0.05, 0) is 62.7 Å². The molecular weight excluding hydrogens is 234 g/mol. The molecule has 0 aliphatic heterocycles. The maximum atomic E-state index is 11.6. The Morgan fingerprint density at radius 2 is 1.53 bits per heavy atom. The van der Waals surface area contributed by atoms with E-state index in [1.54, 1.807) is 0 Å². The van der Waals surface area contributed by atoms with E-state index in [-0.39, 0.29) is 5.54 Å². The number of hydrogen-bond acceptors (Lipinski definition) is 2. The molecule has 0 aromatic carbocycles. The molecule has 4 aliphatic carbocycles. The van der Waals surface area contributed by atoms with Crippen molar-refractivity contribution < 1.29 is 8.42 Å². The monoisotopic (exact) mass is 257 g/mol. The van der Waals surface area contributed by atoms with Crippen molar-refractivity contribution in [2.45, 2.75) is 57.4 Å². The lowest BCUT2D eigenvalue weighted by atomic mass is 9.53.